The minimum Gasteiger partial charge on any atom is -0.490 e. The second kappa shape index (κ2) is 4.63. The second-order valence-electron chi connectivity index (χ2n) is 6.06. The Bertz CT molecular complexity index is 464. The fourth-order valence-corrected chi connectivity index (χ4v) is 2.01. The lowest BCUT2D eigenvalue weighted by molar-refractivity contribution is -0.124. The molecule has 3 nitrogen and oxygen atoms in total. The summed E-state index contributed by atoms with van der Waals surface area (Å²) in [6.45, 7) is 8.57. The Hall–Kier alpha value is -1.51. The molecule has 18 heavy (non-hydrogen) atoms. The monoisotopic (exact) mass is 247 g/mol. The number of carbonyl (C=O) groups is 1. The predicted molar refractivity (Wildman–Crippen MR) is 72.9 cm³/mol. The van der Waals surface area contributed by atoms with Crippen LogP contribution in [0.4, 0.5) is 5.69 Å². The van der Waals surface area contributed by atoms with Gasteiger partial charge in [-0.2, -0.15) is 0 Å². The molecular formula is C15H21NO2. The van der Waals surface area contributed by atoms with E-state index in [1.54, 1.807) is 0 Å². The third kappa shape index (κ3) is 2.66. The summed E-state index contributed by atoms with van der Waals surface area (Å²) in [7, 11) is 0. The topological polar surface area (TPSA) is 38.3 Å². The van der Waals surface area contributed by atoms with Crippen molar-refractivity contribution in [2.75, 3.05) is 11.9 Å². The lowest BCUT2D eigenvalue weighted by atomic mass is 9.94. The van der Waals surface area contributed by atoms with Crippen molar-refractivity contribution in [3.05, 3.63) is 23.8 Å². The molecule has 1 aliphatic heterocycles. The predicted octanol–water partition coefficient (Wildman–Crippen LogP) is 3.24. The van der Waals surface area contributed by atoms with E-state index in [4.69, 9.17) is 4.74 Å². The number of hydrogen-bond donors (Lipinski definition) is 1. The second-order valence-corrected chi connectivity index (χ2v) is 6.06. The van der Waals surface area contributed by atoms with Gasteiger partial charge in [0.2, 0.25) is 5.91 Å². The standard InChI is InChI=1S/C15H21NO2/c1-10(2)7-11-5-6-13-12(8-11)16-14(17)15(3,4)9-18-13/h5-6,8,10H,7,9H2,1-4H3,(H,16,17). The molecule has 0 fully saturated rings. The van der Waals surface area contributed by atoms with E-state index in [1.165, 1.54) is 5.56 Å². The van der Waals surface area contributed by atoms with Gasteiger partial charge in [-0.3, -0.25) is 4.79 Å². The molecule has 0 spiro atoms. The maximum absolute atomic E-state index is 12.0. The number of ether oxygens (including phenoxy) is 1. The van der Waals surface area contributed by atoms with Gasteiger partial charge in [0.25, 0.3) is 0 Å². The Morgan fingerprint density at radius 1 is 1.39 bits per heavy atom. The number of fused-ring (bicyclic) bond motifs is 1. The third-order valence-electron chi connectivity index (χ3n) is 3.14. The molecule has 0 atom stereocenters. The molecular weight excluding hydrogens is 226 g/mol. The van der Waals surface area contributed by atoms with E-state index in [0.717, 1.165) is 17.9 Å². The van der Waals surface area contributed by atoms with Crippen LogP contribution in [0.2, 0.25) is 0 Å². The Morgan fingerprint density at radius 3 is 2.78 bits per heavy atom. The molecule has 2 rings (SSSR count). The molecule has 0 saturated heterocycles. The zero-order chi connectivity index (χ0) is 13.3. The summed E-state index contributed by atoms with van der Waals surface area (Å²) in [5.74, 6) is 1.38. The van der Waals surface area contributed by atoms with Crippen LogP contribution >= 0.6 is 0 Å². The molecule has 1 aromatic carbocycles. The van der Waals surface area contributed by atoms with E-state index in [9.17, 15) is 4.79 Å². The maximum Gasteiger partial charge on any atom is 0.233 e. The smallest absolute Gasteiger partial charge is 0.233 e. The van der Waals surface area contributed by atoms with Crippen LogP contribution in [-0.2, 0) is 11.2 Å². The largest absolute Gasteiger partial charge is 0.490 e. The maximum atomic E-state index is 12.0. The molecule has 1 amide bonds. The van der Waals surface area contributed by atoms with Crippen molar-refractivity contribution in [3.63, 3.8) is 0 Å². The molecule has 1 N–H and O–H groups in total. The first-order valence-electron chi connectivity index (χ1n) is 6.46. The van der Waals surface area contributed by atoms with Crippen LogP contribution in [0.5, 0.6) is 5.75 Å². The fraction of sp³-hybridized carbons (Fsp3) is 0.533. The highest BCUT2D eigenvalue weighted by Gasteiger charge is 2.32. The van der Waals surface area contributed by atoms with E-state index in [0.29, 0.717) is 12.5 Å². The van der Waals surface area contributed by atoms with E-state index < -0.39 is 5.41 Å². The molecule has 0 radical (unpaired) electrons. The summed E-state index contributed by atoms with van der Waals surface area (Å²) >= 11 is 0. The molecule has 0 bridgehead atoms. The van der Waals surface area contributed by atoms with Crippen molar-refractivity contribution in [2.45, 2.75) is 34.1 Å². The van der Waals surface area contributed by atoms with E-state index in [-0.39, 0.29) is 5.91 Å². The normalized spacial score (nSPS) is 17.7. The minimum absolute atomic E-state index is 0.0166. The summed E-state index contributed by atoms with van der Waals surface area (Å²) in [4.78, 5) is 12.0. The third-order valence-corrected chi connectivity index (χ3v) is 3.14. The summed E-state index contributed by atoms with van der Waals surface area (Å²) in [6.07, 6.45) is 1.01. The first-order valence-corrected chi connectivity index (χ1v) is 6.46. The summed E-state index contributed by atoms with van der Waals surface area (Å²) in [5.41, 5.74) is 1.54. The van der Waals surface area contributed by atoms with Crippen LogP contribution in [0.3, 0.4) is 0 Å². The van der Waals surface area contributed by atoms with E-state index in [2.05, 4.69) is 25.2 Å². The molecule has 0 aromatic heterocycles. The van der Waals surface area contributed by atoms with Gasteiger partial charge in [0.15, 0.2) is 0 Å². The quantitative estimate of drug-likeness (QED) is 0.871. The van der Waals surface area contributed by atoms with Crippen molar-refractivity contribution < 1.29 is 9.53 Å². The lowest BCUT2D eigenvalue weighted by Gasteiger charge is -2.18. The van der Waals surface area contributed by atoms with Crippen molar-refractivity contribution >= 4 is 11.6 Å². The number of anilines is 1. The molecule has 98 valence electrons. The van der Waals surface area contributed by atoms with Crippen molar-refractivity contribution in [1.29, 1.82) is 0 Å². The molecule has 1 heterocycles. The Kier molecular flexibility index (Phi) is 3.33. The van der Waals surface area contributed by atoms with Gasteiger partial charge in [-0.05, 0) is 43.9 Å². The van der Waals surface area contributed by atoms with Crippen LogP contribution < -0.4 is 10.1 Å². The van der Waals surface area contributed by atoms with E-state index >= 15 is 0 Å². The van der Waals surface area contributed by atoms with Gasteiger partial charge < -0.3 is 10.1 Å². The van der Waals surface area contributed by atoms with Crippen LogP contribution in [0.1, 0.15) is 33.3 Å². The summed E-state index contributed by atoms with van der Waals surface area (Å²) < 4.78 is 5.71. The van der Waals surface area contributed by atoms with Crippen LogP contribution in [-0.4, -0.2) is 12.5 Å². The van der Waals surface area contributed by atoms with Gasteiger partial charge in [-0.25, -0.2) is 0 Å². The molecule has 0 saturated carbocycles. The van der Waals surface area contributed by atoms with Gasteiger partial charge in [-0.1, -0.05) is 19.9 Å². The highest BCUT2D eigenvalue weighted by atomic mass is 16.5. The summed E-state index contributed by atoms with van der Waals surface area (Å²) in [5, 5.41) is 2.96. The molecule has 0 unspecified atom stereocenters. The number of hydrogen-bond acceptors (Lipinski definition) is 2. The zero-order valence-corrected chi connectivity index (χ0v) is 11.5. The minimum atomic E-state index is -0.489. The summed E-state index contributed by atoms with van der Waals surface area (Å²) in [6, 6.07) is 6.05. The first-order chi connectivity index (χ1) is 8.38. The number of carbonyl (C=O) groups excluding carboxylic acids is 1. The van der Waals surface area contributed by atoms with Gasteiger partial charge in [0.1, 0.15) is 12.4 Å². The Morgan fingerprint density at radius 2 is 2.11 bits per heavy atom. The fourth-order valence-electron chi connectivity index (χ4n) is 2.01. The number of nitrogens with one attached hydrogen (secondary N) is 1. The average Bonchev–Trinajstić information content (AvgIpc) is 2.36. The SMILES string of the molecule is CC(C)Cc1ccc2c(c1)NC(=O)C(C)(C)CO2. The molecule has 1 aliphatic rings. The highest BCUT2D eigenvalue weighted by molar-refractivity contribution is 5.97. The first kappa shape index (κ1) is 12.9. The van der Waals surface area contributed by atoms with E-state index in [1.807, 2.05) is 26.0 Å². The Balaban J connectivity index is 2.29. The average molecular weight is 247 g/mol. The van der Waals surface area contributed by atoms with Crippen molar-refractivity contribution in [3.8, 4) is 5.75 Å². The van der Waals surface area contributed by atoms with Gasteiger partial charge >= 0.3 is 0 Å². The number of amides is 1. The van der Waals surface area contributed by atoms with Gasteiger partial charge in [-0.15, -0.1) is 0 Å². The molecule has 3 heteroatoms. The van der Waals surface area contributed by atoms with Crippen LogP contribution in [0, 0.1) is 11.3 Å². The van der Waals surface area contributed by atoms with Crippen LogP contribution in [0.25, 0.3) is 0 Å². The zero-order valence-electron chi connectivity index (χ0n) is 11.5. The van der Waals surface area contributed by atoms with Crippen molar-refractivity contribution in [1.82, 2.24) is 0 Å². The lowest BCUT2D eigenvalue weighted by Crippen LogP contribution is -2.33. The van der Waals surface area contributed by atoms with Gasteiger partial charge in [0.05, 0.1) is 11.1 Å². The number of benzene rings is 1. The highest BCUT2D eigenvalue weighted by Crippen LogP contribution is 2.33. The Labute approximate surface area is 109 Å². The van der Waals surface area contributed by atoms with Crippen molar-refractivity contribution in [2.24, 2.45) is 11.3 Å². The molecule has 1 aromatic rings. The van der Waals surface area contributed by atoms with Crippen LogP contribution in [0.15, 0.2) is 18.2 Å². The molecule has 0 aliphatic carbocycles. The number of rotatable bonds is 2. The van der Waals surface area contributed by atoms with Gasteiger partial charge in [0, 0.05) is 0 Å².